The molecule has 0 radical (unpaired) electrons. The average molecular weight is 125 g/mol. The second-order valence-electron chi connectivity index (χ2n) is 2.72. The lowest BCUT2D eigenvalue weighted by atomic mass is 9.92. The predicted molar refractivity (Wildman–Crippen MR) is 40.4 cm³/mol. The summed E-state index contributed by atoms with van der Waals surface area (Å²) in [6.45, 7) is 8.53. The van der Waals surface area contributed by atoms with Crippen LogP contribution in [0.4, 0.5) is 0 Å². The summed E-state index contributed by atoms with van der Waals surface area (Å²) in [6, 6.07) is 0. The van der Waals surface area contributed by atoms with Crippen LogP contribution in [0, 0.1) is 5.92 Å². The molecule has 1 aliphatic heterocycles. The first-order valence-corrected chi connectivity index (χ1v) is 3.73. The van der Waals surface area contributed by atoms with Gasteiger partial charge in [-0.05, 0) is 25.3 Å². The molecule has 1 rings (SSSR count). The van der Waals surface area contributed by atoms with Crippen LogP contribution < -0.4 is 5.32 Å². The molecule has 52 valence electrons. The zero-order chi connectivity index (χ0) is 6.69. The third-order valence-electron chi connectivity index (χ3n) is 2.08. The summed E-state index contributed by atoms with van der Waals surface area (Å²) in [7, 11) is 0. The van der Waals surface area contributed by atoms with E-state index in [1.54, 1.807) is 0 Å². The van der Waals surface area contributed by atoms with Crippen LogP contribution in [0.3, 0.4) is 0 Å². The molecular weight excluding hydrogens is 110 g/mol. The molecule has 1 nitrogen and oxygen atoms in total. The van der Waals surface area contributed by atoms with E-state index in [1.807, 2.05) is 0 Å². The van der Waals surface area contributed by atoms with Gasteiger partial charge >= 0.3 is 0 Å². The molecule has 0 saturated carbocycles. The largest absolute Gasteiger partial charge is 0.316 e. The average Bonchev–Trinajstić information content (AvgIpc) is 1.89. The molecule has 0 aromatic carbocycles. The lowest BCUT2D eigenvalue weighted by molar-refractivity contribution is 0.462. The van der Waals surface area contributed by atoms with Crippen LogP contribution >= 0.6 is 0 Å². The van der Waals surface area contributed by atoms with Crippen molar-refractivity contribution in [2.24, 2.45) is 5.92 Å². The van der Waals surface area contributed by atoms with E-state index in [2.05, 4.69) is 18.8 Å². The minimum atomic E-state index is 0.749. The van der Waals surface area contributed by atoms with Crippen LogP contribution in [-0.2, 0) is 0 Å². The fraction of sp³-hybridized carbons (Fsp3) is 0.750. The first-order valence-electron chi connectivity index (χ1n) is 3.73. The maximum atomic E-state index is 4.03. The molecule has 1 heterocycles. The summed E-state index contributed by atoms with van der Waals surface area (Å²) in [5.74, 6) is 0.749. The van der Waals surface area contributed by atoms with Crippen LogP contribution in [-0.4, -0.2) is 13.1 Å². The molecule has 9 heavy (non-hydrogen) atoms. The van der Waals surface area contributed by atoms with Gasteiger partial charge in [-0.15, -0.1) is 0 Å². The Morgan fingerprint density at radius 1 is 1.78 bits per heavy atom. The number of rotatable bonds is 1. The SMILES string of the molecule is C=C1CCNCC1CC. The van der Waals surface area contributed by atoms with Crippen molar-refractivity contribution in [3.8, 4) is 0 Å². The van der Waals surface area contributed by atoms with Gasteiger partial charge < -0.3 is 5.32 Å². The van der Waals surface area contributed by atoms with Crippen molar-refractivity contribution in [2.75, 3.05) is 13.1 Å². The number of hydrogen-bond acceptors (Lipinski definition) is 1. The van der Waals surface area contributed by atoms with E-state index < -0.39 is 0 Å². The summed E-state index contributed by atoms with van der Waals surface area (Å²) in [5.41, 5.74) is 1.44. The molecule has 1 saturated heterocycles. The van der Waals surface area contributed by atoms with Crippen molar-refractivity contribution in [1.29, 1.82) is 0 Å². The zero-order valence-electron chi connectivity index (χ0n) is 6.11. The molecule has 0 aromatic heterocycles. The molecule has 1 heteroatoms. The highest BCUT2D eigenvalue weighted by Crippen LogP contribution is 2.18. The van der Waals surface area contributed by atoms with Gasteiger partial charge in [0.15, 0.2) is 0 Å². The van der Waals surface area contributed by atoms with Crippen LogP contribution in [0.15, 0.2) is 12.2 Å². The van der Waals surface area contributed by atoms with Gasteiger partial charge in [-0.3, -0.25) is 0 Å². The molecule has 1 N–H and O–H groups in total. The Morgan fingerprint density at radius 2 is 2.56 bits per heavy atom. The van der Waals surface area contributed by atoms with Crippen molar-refractivity contribution in [3.05, 3.63) is 12.2 Å². The Balaban J connectivity index is 2.39. The van der Waals surface area contributed by atoms with Crippen LogP contribution in [0.1, 0.15) is 19.8 Å². The van der Waals surface area contributed by atoms with Gasteiger partial charge in [-0.25, -0.2) is 0 Å². The highest BCUT2D eigenvalue weighted by atomic mass is 14.9. The fourth-order valence-corrected chi connectivity index (χ4v) is 1.31. The van der Waals surface area contributed by atoms with E-state index in [-0.39, 0.29) is 0 Å². The second kappa shape index (κ2) is 3.02. The van der Waals surface area contributed by atoms with E-state index >= 15 is 0 Å². The summed E-state index contributed by atoms with van der Waals surface area (Å²) < 4.78 is 0. The van der Waals surface area contributed by atoms with Crippen molar-refractivity contribution in [3.63, 3.8) is 0 Å². The Bertz CT molecular complexity index is 107. The fourth-order valence-electron chi connectivity index (χ4n) is 1.31. The normalized spacial score (nSPS) is 28.6. The maximum Gasteiger partial charge on any atom is 0.00168 e. The highest BCUT2D eigenvalue weighted by molar-refractivity contribution is 5.04. The van der Waals surface area contributed by atoms with Gasteiger partial charge in [-0.2, -0.15) is 0 Å². The molecule has 1 aliphatic rings. The topological polar surface area (TPSA) is 12.0 Å². The number of nitrogens with one attached hydrogen (secondary N) is 1. The third-order valence-corrected chi connectivity index (χ3v) is 2.08. The van der Waals surface area contributed by atoms with Gasteiger partial charge in [0.05, 0.1) is 0 Å². The van der Waals surface area contributed by atoms with Gasteiger partial charge in [0.2, 0.25) is 0 Å². The molecule has 0 bridgehead atoms. The van der Waals surface area contributed by atoms with E-state index in [0.717, 1.165) is 19.0 Å². The quantitative estimate of drug-likeness (QED) is 0.524. The molecule has 0 amide bonds. The molecule has 0 aromatic rings. The van der Waals surface area contributed by atoms with Gasteiger partial charge in [0.1, 0.15) is 0 Å². The molecule has 1 atom stereocenters. The Hall–Kier alpha value is -0.300. The summed E-state index contributed by atoms with van der Waals surface area (Å²) in [4.78, 5) is 0. The first-order chi connectivity index (χ1) is 4.34. The number of piperidine rings is 1. The van der Waals surface area contributed by atoms with E-state index in [1.165, 1.54) is 18.4 Å². The van der Waals surface area contributed by atoms with Crippen molar-refractivity contribution >= 4 is 0 Å². The lowest BCUT2D eigenvalue weighted by Crippen LogP contribution is -2.30. The summed E-state index contributed by atoms with van der Waals surface area (Å²) >= 11 is 0. The third kappa shape index (κ3) is 1.55. The summed E-state index contributed by atoms with van der Waals surface area (Å²) in [6.07, 6.45) is 2.42. The zero-order valence-corrected chi connectivity index (χ0v) is 6.11. The van der Waals surface area contributed by atoms with Gasteiger partial charge in [0.25, 0.3) is 0 Å². The van der Waals surface area contributed by atoms with E-state index in [9.17, 15) is 0 Å². The highest BCUT2D eigenvalue weighted by Gasteiger charge is 2.13. The second-order valence-corrected chi connectivity index (χ2v) is 2.72. The number of hydrogen-bond donors (Lipinski definition) is 1. The van der Waals surface area contributed by atoms with Crippen LogP contribution in [0.2, 0.25) is 0 Å². The Labute approximate surface area is 57.1 Å². The van der Waals surface area contributed by atoms with Crippen molar-refractivity contribution in [1.82, 2.24) is 5.32 Å². The minimum absolute atomic E-state index is 0.749. The standard InChI is InChI=1S/C8H15N/c1-3-8-6-9-5-4-7(8)2/h8-9H,2-6H2,1H3. The van der Waals surface area contributed by atoms with E-state index in [0.29, 0.717) is 0 Å². The summed E-state index contributed by atoms with van der Waals surface area (Å²) in [5, 5.41) is 3.36. The van der Waals surface area contributed by atoms with Crippen LogP contribution in [0.25, 0.3) is 0 Å². The molecule has 1 fully saturated rings. The van der Waals surface area contributed by atoms with Crippen molar-refractivity contribution in [2.45, 2.75) is 19.8 Å². The maximum absolute atomic E-state index is 4.03. The molecule has 1 unspecified atom stereocenters. The van der Waals surface area contributed by atoms with Crippen LogP contribution in [0.5, 0.6) is 0 Å². The lowest BCUT2D eigenvalue weighted by Gasteiger charge is -2.23. The van der Waals surface area contributed by atoms with Crippen molar-refractivity contribution < 1.29 is 0 Å². The predicted octanol–water partition coefficient (Wildman–Crippen LogP) is 1.56. The monoisotopic (exact) mass is 125 g/mol. The smallest absolute Gasteiger partial charge is 0.00168 e. The Kier molecular flexibility index (Phi) is 2.29. The van der Waals surface area contributed by atoms with E-state index in [4.69, 9.17) is 0 Å². The Morgan fingerprint density at radius 3 is 3.00 bits per heavy atom. The minimum Gasteiger partial charge on any atom is -0.316 e. The van der Waals surface area contributed by atoms with Gasteiger partial charge in [-0.1, -0.05) is 19.1 Å². The first kappa shape index (κ1) is 6.81. The molecule has 0 spiro atoms. The molecular formula is C8H15N. The molecule has 0 aliphatic carbocycles. The van der Waals surface area contributed by atoms with Gasteiger partial charge in [0, 0.05) is 6.54 Å².